The van der Waals surface area contributed by atoms with Gasteiger partial charge in [-0.05, 0) is 23.3 Å². The second kappa shape index (κ2) is 10.2. The molecule has 1 aromatic heterocycles. The van der Waals surface area contributed by atoms with E-state index in [2.05, 4.69) is 50.4 Å². The lowest BCUT2D eigenvalue weighted by Crippen LogP contribution is -2.52. The standard InChI is InChI=1S/C23H28N6O2/c24-16-21-2-1-7-25-22(21)28-8-10-29(11-9-28)23(30)26-17-19-3-5-20(6-4-19)18-27-12-14-31-15-13-27/h1-7H,8-15,17-18H2,(H,26,30). The predicted molar refractivity (Wildman–Crippen MR) is 118 cm³/mol. The summed E-state index contributed by atoms with van der Waals surface area (Å²) in [6.07, 6.45) is 1.70. The molecular weight excluding hydrogens is 392 g/mol. The van der Waals surface area contributed by atoms with Crippen LogP contribution in [0.25, 0.3) is 0 Å². The SMILES string of the molecule is N#Cc1cccnc1N1CCN(C(=O)NCc2ccc(CN3CCOCC3)cc2)CC1. The third kappa shape index (κ3) is 5.51. The zero-order valence-electron chi connectivity index (χ0n) is 17.7. The average molecular weight is 421 g/mol. The molecule has 3 heterocycles. The molecule has 2 saturated heterocycles. The van der Waals surface area contributed by atoms with Gasteiger partial charge in [-0.3, -0.25) is 4.90 Å². The van der Waals surface area contributed by atoms with Crippen molar-refractivity contribution in [1.29, 1.82) is 5.26 Å². The van der Waals surface area contributed by atoms with Crippen LogP contribution in [-0.2, 0) is 17.8 Å². The number of carbonyl (C=O) groups is 1. The van der Waals surface area contributed by atoms with Crippen LogP contribution in [0, 0.1) is 11.3 Å². The number of benzene rings is 1. The molecule has 162 valence electrons. The summed E-state index contributed by atoms with van der Waals surface area (Å²) in [7, 11) is 0. The van der Waals surface area contributed by atoms with E-state index in [9.17, 15) is 10.1 Å². The Morgan fingerprint density at radius 3 is 2.45 bits per heavy atom. The normalized spacial score (nSPS) is 17.3. The van der Waals surface area contributed by atoms with E-state index < -0.39 is 0 Å². The molecule has 0 saturated carbocycles. The fraction of sp³-hybridized carbons (Fsp3) is 0.435. The number of nitrogens with zero attached hydrogens (tertiary/aromatic N) is 5. The van der Waals surface area contributed by atoms with Crippen molar-refractivity contribution < 1.29 is 9.53 Å². The molecule has 2 aromatic rings. The average Bonchev–Trinajstić information content (AvgIpc) is 2.84. The number of amides is 2. The van der Waals surface area contributed by atoms with E-state index in [1.807, 2.05) is 4.90 Å². The molecule has 2 fully saturated rings. The first-order valence-electron chi connectivity index (χ1n) is 10.7. The van der Waals surface area contributed by atoms with Crippen LogP contribution >= 0.6 is 0 Å². The van der Waals surface area contributed by atoms with E-state index in [-0.39, 0.29) is 6.03 Å². The minimum absolute atomic E-state index is 0.0569. The molecule has 4 rings (SSSR count). The van der Waals surface area contributed by atoms with Gasteiger partial charge < -0.3 is 19.9 Å². The highest BCUT2D eigenvalue weighted by molar-refractivity contribution is 5.74. The topological polar surface area (TPSA) is 84.7 Å². The zero-order chi connectivity index (χ0) is 21.5. The van der Waals surface area contributed by atoms with Crippen molar-refractivity contribution >= 4 is 11.8 Å². The van der Waals surface area contributed by atoms with Gasteiger partial charge in [0.1, 0.15) is 11.9 Å². The number of nitrogens with one attached hydrogen (secondary N) is 1. The monoisotopic (exact) mass is 420 g/mol. The molecule has 2 amide bonds. The lowest BCUT2D eigenvalue weighted by atomic mass is 10.1. The third-order valence-corrected chi connectivity index (χ3v) is 5.75. The Labute approximate surface area is 183 Å². The largest absolute Gasteiger partial charge is 0.379 e. The Kier molecular flexibility index (Phi) is 6.97. The maximum Gasteiger partial charge on any atom is 0.317 e. The number of ether oxygens (including phenoxy) is 1. The van der Waals surface area contributed by atoms with E-state index in [4.69, 9.17) is 4.74 Å². The van der Waals surface area contributed by atoms with Crippen molar-refractivity contribution in [2.24, 2.45) is 0 Å². The Morgan fingerprint density at radius 2 is 1.74 bits per heavy atom. The molecule has 1 aromatic carbocycles. The van der Waals surface area contributed by atoms with E-state index in [1.54, 1.807) is 18.3 Å². The van der Waals surface area contributed by atoms with Gasteiger partial charge in [-0.15, -0.1) is 0 Å². The number of hydrogen-bond donors (Lipinski definition) is 1. The fourth-order valence-corrected chi connectivity index (χ4v) is 3.93. The molecule has 2 aliphatic heterocycles. The molecule has 0 radical (unpaired) electrons. The van der Waals surface area contributed by atoms with E-state index in [0.717, 1.165) is 38.4 Å². The molecule has 0 aliphatic carbocycles. The number of rotatable bonds is 5. The van der Waals surface area contributed by atoms with Gasteiger partial charge in [-0.2, -0.15) is 5.26 Å². The van der Waals surface area contributed by atoms with Crippen molar-refractivity contribution in [2.45, 2.75) is 13.1 Å². The van der Waals surface area contributed by atoms with Gasteiger partial charge in [0.2, 0.25) is 0 Å². The first-order valence-corrected chi connectivity index (χ1v) is 10.7. The van der Waals surface area contributed by atoms with Gasteiger partial charge in [-0.1, -0.05) is 24.3 Å². The second-order valence-electron chi connectivity index (χ2n) is 7.82. The molecule has 0 bridgehead atoms. The molecule has 0 spiro atoms. The summed E-state index contributed by atoms with van der Waals surface area (Å²) in [4.78, 5) is 23.2. The lowest BCUT2D eigenvalue weighted by molar-refractivity contribution is 0.0342. The summed E-state index contributed by atoms with van der Waals surface area (Å²) in [5.41, 5.74) is 2.93. The van der Waals surface area contributed by atoms with Crippen LogP contribution in [-0.4, -0.2) is 73.3 Å². The highest BCUT2D eigenvalue weighted by atomic mass is 16.5. The van der Waals surface area contributed by atoms with Gasteiger partial charge in [-0.25, -0.2) is 9.78 Å². The maximum atomic E-state index is 12.6. The number of morpholine rings is 1. The van der Waals surface area contributed by atoms with Crippen molar-refractivity contribution in [3.8, 4) is 6.07 Å². The van der Waals surface area contributed by atoms with Gasteiger partial charge in [0, 0.05) is 58.6 Å². The van der Waals surface area contributed by atoms with E-state index in [0.29, 0.717) is 44.1 Å². The first-order chi connectivity index (χ1) is 15.2. The minimum atomic E-state index is -0.0569. The summed E-state index contributed by atoms with van der Waals surface area (Å²) < 4.78 is 5.40. The molecule has 1 N–H and O–H groups in total. The Morgan fingerprint density at radius 1 is 1.03 bits per heavy atom. The molecule has 8 heteroatoms. The smallest absolute Gasteiger partial charge is 0.317 e. The van der Waals surface area contributed by atoms with Crippen molar-refractivity contribution in [2.75, 3.05) is 57.4 Å². The lowest BCUT2D eigenvalue weighted by Gasteiger charge is -2.35. The summed E-state index contributed by atoms with van der Waals surface area (Å²) in [5, 5.41) is 12.3. The van der Waals surface area contributed by atoms with Crippen molar-refractivity contribution in [3.05, 3.63) is 59.3 Å². The van der Waals surface area contributed by atoms with Crippen LogP contribution in [0.15, 0.2) is 42.6 Å². The zero-order valence-corrected chi connectivity index (χ0v) is 17.7. The highest BCUT2D eigenvalue weighted by Gasteiger charge is 2.23. The summed E-state index contributed by atoms with van der Waals surface area (Å²) in [6, 6.07) is 14.1. The van der Waals surface area contributed by atoms with Crippen LogP contribution in [0.5, 0.6) is 0 Å². The molecule has 0 atom stereocenters. The van der Waals surface area contributed by atoms with Crippen LogP contribution in [0.1, 0.15) is 16.7 Å². The number of nitriles is 1. The van der Waals surface area contributed by atoms with Crippen LogP contribution in [0.3, 0.4) is 0 Å². The summed E-state index contributed by atoms with van der Waals surface area (Å²) >= 11 is 0. The Balaban J connectivity index is 1.23. The number of anilines is 1. The summed E-state index contributed by atoms with van der Waals surface area (Å²) in [5.74, 6) is 0.697. The number of aromatic nitrogens is 1. The van der Waals surface area contributed by atoms with Gasteiger partial charge in [0.05, 0.1) is 18.8 Å². The third-order valence-electron chi connectivity index (χ3n) is 5.75. The van der Waals surface area contributed by atoms with E-state index >= 15 is 0 Å². The highest BCUT2D eigenvalue weighted by Crippen LogP contribution is 2.18. The van der Waals surface area contributed by atoms with E-state index in [1.165, 1.54) is 5.56 Å². The number of piperazine rings is 1. The predicted octanol–water partition coefficient (Wildman–Crippen LogP) is 1.82. The fourth-order valence-electron chi connectivity index (χ4n) is 3.93. The summed E-state index contributed by atoms with van der Waals surface area (Å²) in [6.45, 7) is 7.54. The van der Waals surface area contributed by atoms with Gasteiger partial charge in [0.15, 0.2) is 0 Å². The van der Waals surface area contributed by atoms with Crippen molar-refractivity contribution in [1.82, 2.24) is 20.1 Å². The number of carbonyl (C=O) groups excluding carboxylic acids is 1. The molecule has 2 aliphatic rings. The van der Waals surface area contributed by atoms with Crippen LogP contribution in [0.2, 0.25) is 0 Å². The Hall–Kier alpha value is -3.15. The molecule has 8 nitrogen and oxygen atoms in total. The number of hydrogen-bond acceptors (Lipinski definition) is 6. The molecular formula is C23H28N6O2. The first kappa shape index (κ1) is 21.1. The Bertz CT molecular complexity index is 912. The maximum absolute atomic E-state index is 12.6. The van der Waals surface area contributed by atoms with Crippen molar-refractivity contribution in [3.63, 3.8) is 0 Å². The second-order valence-corrected chi connectivity index (χ2v) is 7.82. The molecule has 31 heavy (non-hydrogen) atoms. The quantitative estimate of drug-likeness (QED) is 0.794. The minimum Gasteiger partial charge on any atom is -0.379 e. The number of urea groups is 1. The van der Waals surface area contributed by atoms with Gasteiger partial charge in [0.25, 0.3) is 0 Å². The molecule has 0 unspecified atom stereocenters. The van der Waals surface area contributed by atoms with Crippen LogP contribution < -0.4 is 10.2 Å². The van der Waals surface area contributed by atoms with Crippen LogP contribution in [0.4, 0.5) is 10.6 Å². The van der Waals surface area contributed by atoms with Gasteiger partial charge >= 0.3 is 6.03 Å². The number of pyridine rings is 1.